The molecule has 4 atom stereocenters. The van der Waals surface area contributed by atoms with Gasteiger partial charge in [0.15, 0.2) is 0 Å². The Hall–Kier alpha value is -1.54. The van der Waals surface area contributed by atoms with Crippen LogP contribution in [0.15, 0.2) is 0 Å². The smallest absolute Gasteiger partial charge is 0.407 e. The van der Waals surface area contributed by atoms with Gasteiger partial charge in [0.05, 0.1) is 25.8 Å². The normalized spacial score (nSPS) is 26.2. The van der Waals surface area contributed by atoms with E-state index in [0.29, 0.717) is 19.4 Å². The van der Waals surface area contributed by atoms with Gasteiger partial charge in [-0.05, 0) is 66.2 Å². The molecule has 0 aliphatic heterocycles. The van der Waals surface area contributed by atoms with Gasteiger partial charge in [-0.2, -0.15) is 0 Å². The summed E-state index contributed by atoms with van der Waals surface area (Å²) < 4.78 is 10.7. The van der Waals surface area contributed by atoms with Crippen LogP contribution >= 0.6 is 0 Å². The molecule has 1 aliphatic carbocycles. The lowest BCUT2D eigenvalue weighted by Crippen LogP contribution is -2.57. The largest absolute Gasteiger partial charge is 0.444 e. The number of nitrogens with one attached hydrogen (secondary N) is 2. The minimum atomic E-state index is -0.599. The highest BCUT2D eigenvalue weighted by Crippen LogP contribution is 2.31. The van der Waals surface area contributed by atoms with Crippen molar-refractivity contribution in [2.75, 3.05) is 13.7 Å². The lowest BCUT2D eigenvalue weighted by atomic mass is 9.75. The molecule has 0 bridgehead atoms. The van der Waals surface area contributed by atoms with Crippen molar-refractivity contribution >= 4 is 12.2 Å². The first-order valence-corrected chi connectivity index (χ1v) is 9.45. The van der Waals surface area contributed by atoms with Crippen LogP contribution in [-0.2, 0) is 19.2 Å². The van der Waals surface area contributed by atoms with Crippen molar-refractivity contribution in [2.24, 2.45) is 11.8 Å². The number of hydrogen-bond acceptors (Lipinski definition) is 6. The number of amides is 2. The van der Waals surface area contributed by atoms with Gasteiger partial charge in [-0.1, -0.05) is 6.92 Å². The van der Waals surface area contributed by atoms with Crippen molar-refractivity contribution in [3.05, 3.63) is 0 Å². The third kappa shape index (κ3) is 9.28. The first-order valence-electron chi connectivity index (χ1n) is 9.45. The minimum Gasteiger partial charge on any atom is -0.444 e. The Bertz CT molecular complexity index is 497. The van der Waals surface area contributed by atoms with Gasteiger partial charge in [-0.3, -0.25) is 0 Å². The monoisotopic (exact) mass is 388 g/mol. The molecule has 0 heterocycles. The van der Waals surface area contributed by atoms with E-state index in [0.717, 1.165) is 0 Å². The van der Waals surface area contributed by atoms with Crippen LogP contribution in [0.25, 0.3) is 0 Å². The maximum atomic E-state index is 12.3. The molecule has 1 saturated carbocycles. The first kappa shape index (κ1) is 23.5. The molecule has 1 fully saturated rings. The minimum absolute atomic E-state index is 0.182. The topological polar surface area (TPSA) is 95.1 Å². The maximum absolute atomic E-state index is 12.3. The Morgan fingerprint density at radius 1 is 0.889 bits per heavy atom. The van der Waals surface area contributed by atoms with Gasteiger partial charge in [0.2, 0.25) is 0 Å². The van der Waals surface area contributed by atoms with Crippen LogP contribution in [0.3, 0.4) is 0 Å². The zero-order valence-electron chi connectivity index (χ0n) is 17.9. The Morgan fingerprint density at radius 3 is 1.74 bits per heavy atom. The second-order valence-electron chi connectivity index (χ2n) is 9.17. The van der Waals surface area contributed by atoms with Crippen LogP contribution in [-0.4, -0.2) is 49.2 Å². The number of carbonyl (C=O) groups is 2. The summed E-state index contributed by atoms with van der Waals surface area (Å²) in [5.74, 6) is 0.457. The summed E-state index contributed by atoms with van der Waals surface area (Å²) in [4.78, 5) is 34.3. The van der Waals surface area contributed by atoms with Crippen molar-refractivity contribution in [2.45, 2.75) is 84.6 Å². The zero-order valence-corrected chi connectivity index (χ0v) is 17.9. The van der Waals surface area contributed by atoms with E-state index < -0.39 is 23.4 Å². The Morgan fingerprint density at radius 2 is 1.33 bits per heavy atom. The van der Waals surface area contributed by atoms with Gasteiger partial charge in [0.25, 0.3) is 0 Å². The molecule has 8 heteroatoms. The van der Waals surface area contributed by atoms with Crippen LogP contribution in [0.4, 0.5) is 9.59 Å². The van der Waals surface area contributed by atoms with Gasteiger partial charge in [-0.25, -0.2) is 19.4 Å². The fourth-order valence-corrected chi connectivity index (χ4v) is 3.10. The molecule has 2 unspecified atom stereocenters. The van der Waals surface area contributed by atoms with Crippen molar-refractivity contribution in [1.82, 2.24) is 10.6 Å². The second kappa shape index (κ2) is 9.59. The average Bonchev–Trinajstić information content (AvgIpc) is 2.44. The molecular formula is C19H36N2O6. The van der Waals surface area contributed by atoms with Crippen LogP contribution in [0.2, 0.25) is 0 Å². The molecular weight excluding hydrogens is 352 g/mol. The van der Waals surface area contributed by atoms with Crippen molar-refractivity contribution in [1.29, 1.82) is 0 Å². The predicted molar refractivity (Wildman–Crippen MR) is 101 cm³/mol. The van der Waals surface area contributed by atoms with Crippen molar-refractivity contribution < 1.29 is 28.8 Å². The fraction of sp³-hybridized carbons (Fsp3) is 0.895. The molecule has 1 aliphatic rings. The average molecular weight is 389 g/mol. The van der Waals surface area contributed by atoms with Crippen molar-refractivity contribution in [3.63, 3.8) is 0 Å². The Labute approximate surface area is 162 Å². The summed E-state index contributed by atoms with van der Waals surface area (Å²) >= 11 is 0. The van der Waals surface area contributed by atoms with Gasteiger partial charge >= 0.3 is 12.2 Å². The molecule has 0 aromatic carbocycles. The number of hydrogen-bond donors (Lipinski definition) is 2. The van der Waals surface area contributed by atoms with E-state index in [-0.39, 0.29) is 23.9 Å². The van der Waals surface area contributed by atoms with E-state index in [9.17, 15) is 9.59 Å². The molecule has 2 N–H and O–H groups in total. The molecule has 158 valence electrons. The molecule has 0 spiro atoms. The van der Waals surface area contributed by atoms with Crippen LogP contribution in [0.1, 0.15) is 61.3 Å². The molecule has 8 nitrogen and oxygen atoms in total. The van der Waals surface area contributed by atoms with Crippen molar-refractivity contribution in [3.8, 4) is 0 Å². The molecule has 27 heavy (non-hydrogen) atoms. The quantitative estimate of drug-likeness (QED) is 0.554. The molecule has 1 rings (SSSR count). The fourth-order valence-electron chi connectivity index (χ4n) is 3.10. The maximum Gasteiger partial charge on any atom is 0.407 e. The second-order valence-corrected chi connectivity index (χ2v) is 9.17. The standard InChI is InChI=1S/C19H36N2O6/c1-12-9-14(20-16(22)26-18(2,3)4)15(10-13(12)11-25-24-8)21-17(23)27-19(5,6)7/h12-15H,9-11H2,1-8H3,(H,20,22)(H,21,23)/t12-,13-,14?,15?/m0/s1. The zero-order chi connectivity index (χ0) is 20.8. The molecule has 0 aromatic rings. The van der Waals surface area contributed by atoms with Gasteiger partial charge < -0.3 is 20.1 Å². The van der Waals surface area contributed by atoms with E-state index in [1.165, 1.54) is 7.11 Å². The lowest BCUT2D eigenvalue weighted by Gasteiger charge is -2.40. The first-order chi connectivity index (χ1) is 12.3. The molecule has 0 radical (unpaired) electrons. The van der Waals surface area contributed by atoms with Crippen LogP contribution in [0, 0.1) is 11.8 Å². The van der Waals surface area contributed by atoms with E-state index in [2.05, 4.69) is 17.6 Å². The number of rotatable bonds is 5. The van der Waals surface area contributed by atoms with Crippen LogP contribution in [0.5, 0.6) is 0 Å². The third-order valence-electron chi connectivity index (χ3n) is 4.28. The van der Waals surface area contributed by atoms with E-state index in [1.807, 2.05) is 20.8 Å². The predicted octanol–water partition coefficient (Wildman–Crippen LogP) is 3.40. The summed E-state index contributed by atoms with van der Waals surface area (Å²) in [6, 6.07) is -0.560. The van der Waals surface area contributed by atoms with Gasteiger partial charge in [0, 0.05) is 0 Å². The molecule has 0 aromatic heterocycles. The summed E-state index contributed by atoms with van der Waals surface area (Å²) in [5, 5.41) is 5.79. The summed E-state index contributed by atoms with van der Waals surface area (Å²) in [6.45, 7) is 13.4. The highest BCUT2D eigenvalue weighted by Gasteiger charge is 2.38. The lowest BCUT2D eigenvalue weighted by molar-refractivity contribution is -0.283. The summed E-state index contributed by atoms with van der Waals surface area (Å²) in [5.41, 5.74) is -1.19. The summed E-state index contributed by atoms with van der Waals surface area (Å²) in [7, 11) is 1.47. The Kier molecular flexibility index (Phi) is 8.35. The Balaban J connectivity index is 2.82. The molecule has 0 saturated heterocycles. The summed E-state index contributed by atoms with van der Waals surface area (Å²) in [6.07, 6.45) is 0.300. The van der Waals surface area contributed by atoms with E-state index >= 15 is 0 Å². The third-order valence-corrected chi connectivity index (χ3v) is 4.28. The SMILES string of the molecule is COOC[C@@H]1CC(NC(=O)OC(C)(C)C)C(NC(=O)OC(C)(C)C)C[C@@H]1C. The van der Waals surface area contributed by atoms with E-state index in [4.69, 9.17) is 19.2 Å². The highest BCUT2D eigenvalue weighted by atomic mass is 17.2. The van der Waals surface area contributed by atoms with E-state index in [1.54, 1.807) is 20.8 Å². The van der Waals surface area contributed by atoms with Gasteiger partial charge in [0.1, 0.15) is 11.2 Å². The number of carbonyl (C=O) groups excluding carboxylic acids is 2. The van der Waals surface area contributed by atoms with Gasteiger partial charge in [-0.15, -0.1) is 0 Å². The molecule has 2 amide bonds. The highest BCUT2D eigenvalue weighted by molar-refractivity contribution is 5.70. The number of ether oxygens (including phenoxy) is 2. The van der Waals surface area contributed by atoms with Crippen LogP contribution < -0.4 is 10.6 Å². The number of alkyl carbamates (subject to hydrolysis) is 2.